The Morgan fingerprint density at radius 1 is 1.71 bits per heavy atom. The van der Waals surface area contributed by atoms with Crippen LogP contribution in [0.25, 0.3) is 0 Å². The van der Waals surface area contributed by atoms with E-state index in [0.717, 1.165) is 5.56 Å². The van der Waals surface area contributed by atoms with E-state index in [1.807, 2.05) is 13.2 Å². The highest BCUT2D eigenvalue weighted by Gasteiger charge is 1.89. The van der Waals surface area contributed by atoms with Gasteiger partial charge in [0.1, 0.15) is 0 Å². The van der Waals surface area contributed by atoms with Crippen LogP contribution in [0.3, 0.4) is 0 Å². The van der Waals surface area contributed by atoms with Gasteiger partial charge in [0.05, 0.1) is 11.8 Å². The van der Waals surface area contributed by atoms with Gasteiger partial charge in [0.25, 0.3) is 0 Å². The van der Waals surface area contributed by atoms with Crippen molar-refractivity contribution >= 4 is 5.91 Å². The van der Waals surface area contributed by atoms with Crippen LogP contribution in [0.1, 0.15) is 18.9 Å². The minimum absolute atomic E-state index is 0.0202. The summed E-state index contributed by atoms with van der Waals surface area (Å²) < 4.78 is 1.71. The van der Waals surface area contributed by atoms with Crippen LogP contribution >= 0.6 is 0 Å². The highest BCUT2D eigenvalue weighted by atomic mass is 16.1. The first-order valence-corrected chi connectivity index (χ1v) is 4.40. The van der Waals surface area contributed by atoms with Gasteiger partial charge < -0.3 is 5.32 Å². The van der Waals surface area contributed by atoms with Gasteiger partial charge >= 0.3 is 0 Å². The molecule has 0 aromatic carbocycles. The fraction of sp³-hybridized carbons (Fsp3) is 0.400. The third-order valence-electron chi connectivity index (χ3n) is 1.56. The second-order valence-electron chi connectivity index (χ2n) is 2.94. The minimum Gasteiger partial charge on any atom is -0.355 e. The third kappa shape index (κ3) is 3.76. The molecule has 4 heteroatoms. The lowest BCUT2D eigenvalue weighted by molar-refractivity contribution is -0.118. The minimum atomic E-state index is -0.0202. The zero-order chi connectivity index (χ0) is 10.4. The molecule has 0 saturated carbocycles. The maximum absolute atomic E-state index is 10.5. The van der Waals surface area contributed by atoms with Crippen molar-refractivity contribution in [1.29, 1.82) is 0 Å². The number of hydrogen-bond donors (Lipinski definition) is 1. The number of aryl methyl sites for hydroxylation is 1. The van der Waals surface area contributed by atoms with Crippen molar-refractivity contribution in [3.8, 4) is 11.8 Å². The molecule has 0 bridgehead atoms. The normalized spacial score (nSPS) is 9.00. The molecule has 0 aliphatic carbocycles. The van der Waals surface area contributed by atoms with Gasteiger partial charge in [0.15, 0.2) is 0 Å². The summed E-state index contributed by atoms with van der Waals surface area (Å²) in [7, 11) is 1.85. The van der Waals surface area contributed by atoms with Gasteiger partial charge in [0.2, 0.25) is 5.91 Å². The van der Waals surface area contributed by atoms with Crippen LogP contribution in [0.15, 0.2) is 12.4 Å². The van der Waals surface area contributed by atoms with E-state index in [0.29, 0.717) is 13.0 Å². The molecule has 0 unspecified atom stereocenters. The third-order valence-corrected chi connectivity index (χ3v) is 1.56. The van der Waals surface area contributed by atoms with Crippen molar-refractivity contribution in [3.05, 3.63) is 18.0 Å². The van der Waals surface area contributed by atoms with E-state index in [2.05, 4.69) is 22.3 Å². The SMILES string of the molecule is CC(=O)NCCC#Cc1cnn(C)c1. The van der Waals surface area contributed by atoms with E-state index >= 15 is 0 Å². The number of amides is 1. The predicted octanol–water partition coefficient (Wildman–Crippen LogP) is 0.298. The molecule has 0 atom stereocenters. The average molecular weight is 191 g/mol. The number of hydrogen-bond acceptors (Lipinski definition) is 2. The fourth-order valence-corrected chi connectivity index (χ4v) is 0.951. The molecule has 1 heterocycles. The lowest BCUT2D eigenvalue weighted by Gasteiger charge is -1.94. The van der Waals surface area contributed by atoms with Gasteiger partial charge in [-0.1, -0.05) is 11.8 Å². The summed E-state index contributed by atoms with van der Waals surface area (Å²) in [6.45, 7) is 2.09. The van der Waals surface area contributed by atoms with Gasteiger partial charge in [0, 0.05) is 33.1 Å². The van der Waals surface area contributed by atoms with Gasteiger partial charge in [-0.05, 0) is 0 Å². The van der Waals surface area contributed by atoms with Crippen LogP contribution in [0.4, 0.5) is 0 Å². The molecule has 0 aliphatic rings. The lowest BCUT2D eigenvalue weighted by Crippen LogP contribution is -2.20. The van der Waals surface area contributed by atoms with Crippen molar-refractivity contribution in [2.24, 2.45) is 7.05 Å². The standard InChI is InChI=1S/C10H13N3O/c1-9(14)11-6-4-3-5-10-7-12-13(2)8-10/h7-8H,4,6H2,1-2H3,(H,11,14). The summed E-state index contributed by atoms with van der Waals surface area (Å²) in [6, 6.07) is 0. The summed E-state index contributed by atoms with van der Waals surface area (Å²) in [5.41, 5.74) is 0.898. The van der Waals surface area contributed by atoms with Crippen molar-refractivity contribution in [2.75, 3.05) is 6.54 Å². The van der Waals surface area contributed by atoms with Crippen LogP contribution in [0.5, 0.6) is 0 Å². The summed E-state index contributed by atoms with van der Waals surface area (Å²) in [5, 5.41) is 6.66. The molecule has 1 aromatic heterocycles. The van der Waals surface area contributed by atoms with Gasteiger partial charge in [-0.25, -0.2) is 0 Å². The lowest BCUT2D eigenvalue weighted by atomic mass is 10.3. The monoisotopic (exact) mass is 191 g/mol. The Labute approximate surface area is 83.3 Å². The van der Waals surface area contributed by atoms with E-state index in [9.17, 15) is 4.79 Å². The van der Waals surface area contributed by atoms with Crippen molar-refractivity contribution in [3.63, 3.8) is 0 Å². The molecule has 74 valence electrons. The van der Waals surface area contributed by atoms with E-state index in [1.165, 1.54) is 6.92 Å². The molecule has 14 heavy (non-hydrogen) atoms. The summed E-state index contributed by atoms with van der Waals surface area (Å²) in [4.78, 5) is 10.5. The highest BCUT2D eigenvalue weighted by molar-refractivity contribution is 5.72. The second kappa shape index (κ2) is 5.07. The zero-order valence-corrected chi connectivity index (χ0v) is 8.37. The Balaban J connectivity index is 2.30. The largest absolute Gasteiger partial charge is 0.355 e. The molecule has 1 rings (SSSR count). The molecule has 0 aliphatic heterocycles. The molecule has 4 nitrogen and oxygen atoms in total. The van der Waals surface area contributed by atoms with E-state index in [1.54, 1.807) is 10.9 Å². The van der Waals surface area contributed by atoms with Crippen molar-refractivity contribution < 1.29 is 4.79 Å². The first-order valence-electron chi connectivity index (χ1n) is 4.40. The van der Waals surface area contributed by atoms with Crippen LogP contribution in [-0.2, 0) is 11.8 Å². The van der Waals surface area contributed by atoms with Crippen LogP contribution in [0, 0.1) is 11.8 Å². The Kier molecular flexibility index (Phi) is 3.74. The first kappa shape index (κ1) is 10.3. The predicted molar refractivity (Wildman–Crippen MR) is 53.4 cm³/mol. The number of carbonyl (C=O) groups is 1. The molecule has 1 N–H and O–H groups in total. The molecule has 0 fully saturated rings. The Hall–Kier alpha value is -1.76. The Bertz CT molecular complexity index is 370. The van der Waals surface area contributed by atoms with Crippen LogP contribution < -0.4 is 5.32 Å². The van der Waals surface area contributed by atoms with E-state index in [-0.39, 0.29) is 5.91 Å². The van der Waals surface area contributed by atoms with Crippen LogP contribution in [-0.4, -0.2) is 22.2 Å². The van der Waals surface area contributed by atoms with Crippen molar-refractivity contribution in [1.82, 2.24) is 15.1 Å². The highest BCUT2D eigenvalue weighted by Crippen LogP contribution is 1.91. The molecule has 0 radical (unpaired) electrons. The second-order valence-corrected chi connectivity index (χ2v) is 2.94. The zero-order valence-electron chi connectivity index (χ0n) is 8.37. The van der Waals surface area contributed by atoms with Crippen LogP contribution in [0.2, 0.25) is 0 Å². The smallest absolute Gasteiger partial charge is 0.216 e. The number of carbonyl (C=O) groups excluding carboxylic acids is 1. The summed E-state index contributed by atoms with van der Waals surface area (Å²) >= 11 is 0. The summed E-state index contributed by atoms with van der Waals surface area (Å²) in [5.74, 6) is 5.89. The van der Waals surface area contributed by atoms with Gasteiger partial charge in [-0.15, -0.1) is 0 Å². The first-order chi connectivity index (χ1) is 6.68. The van der Waals surface area contributed by atoms with Crippen molar-refractivity contribution in [2.45, 2.75) is 13.3 Å². The van der Waals surface area contributed by atoms with E-state index in [4.69, 9.17) is 0 Å². The van der Waals surface area contributed by atoms with E-state index < -0.39 is 0 Å². The Morgan fingerprint density at radius 3 is 3.07 bits per heavy atom. The number of nitrogens with zero attached hydrogens (tertiary/aromatic N) is 2. The van der Waals surface area contributed by atoms with Gasteiger partial charge in [-0.2, -0.15) is 5.10 Å². The molecular formula is C10H13N3O. The maximum atomic E-state index is 10.5. The molecule has 1 aromatic rings. The number of rotatable bonds is 2. The Morgan fingerprint density at radius 2 is 2.50 bits per heavy atom. The quantitative estimate of drug-likeness (QED) is 0.540. The molecular weight excluding hydrogens is 178 g/mol. The molecule has 1 amide bonds. The topological polar surface area (TPSA) is 46.9 Å². The fourth-order valence-electron chi connectivity index (χ4n) is 0.951. The maximum Gasteiger partial charge on any atom is 0.216 e. The molecule has 0 spiro atoms. The average Bonchev–Trinajstić information content (AvgIpc) is 2.50. The molecule has 0 saturated heterocycles. The number of aromatic nitrogens is 2. The van der Waals surface area contributed by atoms with Gasteiger partial charge in [-0.3, -0.25) is 9.48 Å². The summed E-state index contributed by atoms with van der Waals surface area (Å²) in [6.07, 6.45) is 4.23. The number of nitrogens with one attached hydrogen (secondary N) is 1.